The fraction of sp³-hybridized carbons (Fsp3) is 0.579. The molecular weight excluding hydrogens is 334 g/mol. The molecule has 1 saturated heterocycles. The number of hydrogen-bond donors (Lipinski definition) is 2. The number of carbonyl (C=O) groups excluding carboxylic acids is 2. The summed E-state index contributed by atoms with van der Waals surface area (Å²) in [6, 6.07) is 5.58. The van der Waals surface area contributed by atoms with Crippen molar-refractivity contribution in [2.75, 3.05) is 51.8 Å². The van der Waals surface area contributed by atoms with Crippen LogP contribution in [-0.2, 0) is 14.3 Å². The van der Waals surface area contributed by atoms with Gasteiger partial charge >= 0.3 is 0 Å². The monoisotopic (exact) mass is 361 g/mol. The Labute approximate surface area is 154 Å². The third-order valence-electron chi connectivity index (χ3n) is 5.04. The third kappa shape index (κ3) is 4.16. The van der Waals surface area contributed by atoms with E-state index >= 15 is 0 Å². The van der Waals surface area contributed by atoms with Crippen LogP contribution < -0.4 is 15.4 Å². The van der Waals surface area contributed by atoms with E-state index in [4.69, 9.17) is 9.47 Å². The molecule has 0 spiro atoms. The maximum Gasteiger partial charge on any atom is 0.240 e. The van der Waals surface area contributed by atoms with Gasteiger partial charge in [-0.3, -0.25) is 14.5 Å². The number of hydrogen-bond acceptors (Lipinski definition) is 5. The zero-order valence-electron chi connectivity index (χ0n) is 15.5. The molecule has 1 heterocycles. The minimum Gasteiger partial charge on any atom is -0.495 e. The number of carbonyl (C=O) groups is 2. The van der Waals surface area contributed by atoms with Gasteiger partial charge in [0.05, 0.1) is 26.0 Å². The summed E-state index contributed by atoms with van der Waals surface area (Å²) in [6.45, 7) is 6.50. The fourth-order valence-corrected chi connectivity index (χ4v) is 3.17. The lowest BCUT2D eigenvalue weighted by atomic mass is 10.0. The van der Waals surface area contributed by atoms with E-state index in [1.165, 1.54) is 0 Å². The number of anilines is 1. The molecule has 1 aliphatic heterocycles. The molecule has 1 saturated carbocycles. The molecule has 2 fully saturated rings. The molecule has 0 atom stereocenters. The van der Waals surface area contributed by atoms with Gasteiger partial charge in [-0.25, -0.2) is 0 Å². The minimum atomic E-state index is -0.945. The summed E-state index contributed by atoms with van der Waals surface area (Å²) in [6.07, 6.45) is 1.16. The topological polar surface area (TPSA) is 79.9 Å². The number of aryl methyl sites for hydroxylation is 1. The molecule has 2 aliphatic rings. The molecule has 0 aromatic heterocycles. The Morgan fingerprint density at radius 1 is 1.23 bits per heavy atom. The number of rotatable bonds is 7. The molecule has 1 aromatic rings. The van der Waals surface area contributed by atoms with E-state index in [0.717, 1.165) is 38.4 Å². The molecule has 2 N–H and O–H groups in total. The second-order valence-corrected chi connectivity index (χ2v) is 6.95. The molecule has 142 valence electrons. The molecule has 0 radical (unpaired) electrons. The number of nitrogens with one attached hydrogen (secondary N) is 2. The number of benzene rings is 1. The first-order valence-electron chi connectivity index (χ1n) is 9.10. The van der Waals surface area contributed by atoms with Crippen molar-refractivity contribution in [1.29, 1.82) is 0 Å². The summed E-state index contributed by atoms with van der Waals surface area (Å²) in [7, 11) is 1.56. The Morgan fingerprint density at radius 2 is 1.96 bits per heavy atom. The maximum atomic E-state index is 12.7. The highest BCUT2D eigenvalue weighted by Gasteiger charge is 2.56. The van der Waals surface area contributed by atoms with Crippen LogP contribution in [0.1, 0.15) is 18.4 Å². The minimum absolute atomic E-state index is 0.185. The van der Waals surface area contributed by atoms with Crippen LogP contribution in [0.3, 0.4) is 0 Å². The van der Waals surface area contributed by atoms with Crippen molar-refractivity contribution in [3.63, 3.8) is 0 Å². The molecule has 7 nitrogen and oxygen atoms in total. The van der Waals surface area contributed by atoms with Gasteiger partial charge in [0.2, 0.25) is 11.8 Å². The third-order valence-corrected chi connectivity index (χ3v) is 5.04. The summed E-state index contributed by atoms with van der Waals surface area (Å²) >= 11 is 0. The highest BCUT2D eigenvalue weighted by molar-refractivity contribution is 6.13. The summed E-state index contributed by atoms with van der Waals surface area (Å²) < 4.78 is 10.6. The molecule has 1 aliphatic carbocycles. The van der Waals surface area contributed by atoms with E-state index in [9.17, 15) is 9.59 Å². The molecule has 0 bridgehead atoms. The summed E-state index contributed by atoms with van der Waals surface area (Å²) in [5, 5.41) is 5.80. The predicted octanol–water partition coefficient (Wildman–Crippen LogP) is 1.17. The standard InChI is InChI=1S/C19H27N3O4/c1-14-3-4-16(25-2)15(13-14)21-18(24)19(5-6-19)17(23)20-7-8-22-9-11-26-12-10-22/h3-4,13H,5-12H2,1-2H3,(H,20,23)(H,21,24). The molecular formula is C19H27N3O4. The van der Waals surface area contributed by atoms with Crippen molar-refractivity contribution in [3.8, 4) is 5.75 Å². The van der Waals surface area contributed by atoms with Crippen LogP contribution in [0.25, 0.3) is 0 Å². The number of methoxy groups -OCH3 is 1. The molecule has 1 aromatic carbocycles. The van der Waals surface area contributed by atoms with E-state index in [-0.39, 0.29) is 11.8 Å². The largest absolute Gasteiger partial charge is 0.495 e. The van der Waals surface area contributed by atoms with Crippen LogP contribution in [0.5, 0.6) is 5.75 Å². The van der Waals surface area contributed by atoms with Crippen molar-refractivity contribution in [2.24, 2.45) is 5.41 Å². The highest BCUT2D eigenvalue weighted by Crippen LogP contribution is 2.47. The second kappa shape index (κ2) is 8.05. The van der Waals surface area contributed by atoms with Gasteiger partial charge in [0.25, 0.3) is 0 Å². The molecule has 26 heavy (non-hydrogen) atoms. The van der Waals surface area contributed by atoms with E-state index < -0.39 is 5.41 Å². The summed E-state index contributed by atoms with van der Waals surface area (Å²) in [5.41, 5.74) is 0.672. The zero-order chi connectivity index (χ0) is 18.6. The van der Waals surface area contributed by atoms with Crippen LogP contribution in [0.4, 0.5) is 5.69 Å². The molecule has 2 amide bonds. The molecule has 0 unspecified atom stereocenters. The highest BCUT2D eigenvalue weighted by atomic mass is 16.5. The van der Waals surface area contributed by atoms with Gasteiger partial charge in [0, 0.05) is 26.2 Å². The first kappa shape index (κ1) is 18.7. The first-order chi connectivity index (χ1) is 12.5. The van der Waals surface area contributed by atoms with Crippen LogP contribution in [0, 0.1) is 12.3 Å². The average molecular weight is 361 g/mol. The SMILES string of the molecule is COc1ccc(C)cc1NC(=O)C1(C(=O)NCCN2CCOCC2)CC1. The van der Waals surface area contributed by atoms with Crippen LogP contribution in [-0.4, -0.2) is 63.2 Å². The Kier molecular flexibility index (Phi) is 5.78. The number of nitrogens with zero attached hydrogens (tertiary/aromatic N) is 1. The van der Waals surface area contributed by atoms with Crippen LogP contribution >= 0.6 is 0 Å². The summed E-state index contributed by atoms with van der Waals surface area (Å²) in [4.78, 5) is 27.6. The van der Waals surface area contributed by atoms with Gasteiger partial charge in [0.15, 0.2) is 0 Å². The average Bonchev–Trinajstić information content (AvgIpc) is 3.45. The van der Waals surface area contributed by atoms with Crippen molar-refractivity contribution in [2.45, 2.75) is 19.8 Å². The van der Waals surface area contributed by atoms with Crippen LogP contribution in [0.15, 0.2) is 18.2 Å². The predicted molar refractivity (Wildman–Crippen MR) is 98.3 cm³/mol. The Bertz CT molecular complexity index is 667. The van der Waals surface area contributed by atoms with Gasteiger partial charge in [-0.1, -0.05) is 6.07 Å². The lowest BCUT2D eigenvalue weighted by molar-refractivity contribution is -0.134. The smallest absolute Gasteiger partial charge is 0.240 e. The van der Waals surface area contributed by atoms with E-state index in [0.29, 0.717) is 30.8 Å². The molecule has 3 rings (SSSR count). The maximum absolute atomic E-state index is 12.7. The first-order valence-corrected chi connectivity index (χ1v) is 9.10. The van der Waals surface area contributed by atoms with E-state index in [2.05, 4.69) is 15.5 Å². The van der Waals surface area contributed by atoms with E-state index in [1.54, 1.807) is 7.11 Å². The summed E-state index contributed by atoms with van der Waals surface area (Å²) in [5.74, 6) is 0.146. The van der Waals surface area contributed by atoms with Crippen LogP contribution in [0.2, 0.25) is 0 Å². The van der Waals surface area contributed by atoms with Gasteiger partial charge in [-0.2, -0.15) is 0 Å². The van der Waals surface area contributed by atoms with Gasteiger partial charge < -0.3 is 20.1 Å². The lowest BCUT2D eigenvalue weighted by Gasteiger charge is -2.26. The Hall–Kier alpha value is -2.12. The fourth-order valence-electron chi connectivity index (χ4n) is 3.17. The van der Waals surface area contributed by atoms with Gasteiger partial charge in [0.1, 0.15) is 11.2 Å². The second-order valence-electron chi connectivity index (χ2n) is 6.95. The number of ether oxygens (including phenoxy) is 2. The zero-order valence-corrected chi connectivity index (χ0v) is 15.5. The van der Waals surface area contributed by atoms with Crippen molar-refractivity contribution >= 4 is 17.5 Å². The normalized spacial score (nSPS) is 18.8. The molecule has 7 heteroatoms. The number of morpholine rings is 1. The van der Waals surface area contributed by atoms with Crippen molar-refractivity contribution in [1.82, 2.24) is 10.2 Å². The Balaban J connectivity index is 1.55. The van der Waals surface area contributed by atoms with Gasteiger partial charge in [-0.05, 0) is 37.5 Å². The van der Waals surface area contributed by atoms with Gasteiger partial charge in [-0.15, -0.1) is 0 Å². The van der Waals surface area contributed by atoms with Crippen molar-refractivity contribution in [3.05, 3.63) is 23.8 Å². The number of amides is 2. The lowest BCUT2D eigenvalue weighted by Crippen LogP contribution is -2.45. The van der Waals surface area contributed by atoms with Crippen molar-refractivity contribution < 1.29 is 19.1 Å². The Morgan fingerprint density at radius 3 is 2.62 bits per heavy atom. The quantitative estimate of drug-likeness (QED) is 0.713. The van der Waals surface area contributed by atoms with E-state index in [1.807, 2.05) is 25.1 Å².